The molecule has 0 radical (unpaired) electrons. The first kappa shape index (κ1) is 24.4. The van der Waals surface area contributed by atoms with Crippen molar-refractivity contribution in [2.45, 2.75) is 31.7 Å². The van der Waals surface area contributed by atoms with E-state index in [1.807, 2.05) is 6.07 Å². The monoisotopic (exact) mass is 483 g/mol. The molecule has 2 aliphatic rings. The van der Waals surface area contributed by atoms with Gasteiger partial charge in [0.15, 0.2) is 11.6 Å². The second-order valence-electron chi connectivity index (χ2n) is 8.94. The molecule has 2 aliphatic heterocycles. The normalized spacial score (nSPS) is 20.5. The number of carbonyl (C=O) groups excluding carboxylic acids is 1. The molecular weight excluding hydrogens is 456 g/mol. The highest BCUT2D eigenvalue weighted by Crippen LogP contribution is 2.34. The van der Waals surface area contributed by atoms with Crippen molar-refractivity contribution in [2.75, 3.05) is 37.6 Å². The van der Waals surface area contributed by atoms with Crippen LogP contribution in [0.4, 0.5) is 19.4 Å². The molecule has 8 nitrogen and oxygen atoms in total. The van der Waals surface area contributed by atoms with Gasteiger partial charge in [0.05, 0.1) is 11.6 Å². The van der Waals surface area contributed by atoms with Gasteiger partial charge in [0.1, 0.15) is 11.9 Å². The zero-order valence-electron chi connectivity index (χ0n) is 19.4. The van der Waals surface area contributed by atoms with Gasteiger partial charge in [0.2, 0.25) is 5.91 Å². The molecule has 2 saturated heterocycles. The van der Waals surface area contributed by atoms with Crippen LogP contribution in [0.1, 0.15) is 36.8 Å². The number of amides is 2. The summed E-state index contributed by atoms with van der Waals surface area (Å²) in [6.45, 7) is 3.66. The first-order valence-electron chi connectivity index (χ1n) is 11.7. The van der Waals surface area contributed by atoms with Gasteiger partial charge in [-0.05, 0) is 49.6 Å². The number of pyridine rings is 1. The smallest absolute Gasteiger partial charge is 0.407 e. The number of anilines is 1. The van der Waals surface area contributed by atoms with Gasteiger partial charge in [-0.1, -0.05) is 6.07 Å². The second kappa shape index (κ2) is 10.3. The number of piperidine rings is 1. The van der Waals surface area contributed by atoms with Crippen LogP contribution in [0.3, 0.4) is 0 Å². The van der Waals surface area contributed by atoms with Crippen molar-refractivity contribution in [2.24, 2.45) is 5.92 Å². The van der Waals surface area contributed by atoms with Crippen LogP contribution in [-0.4, -0.2) is 70.7 Å². The zero-order valence-corrected chi connectivity index (χ0v) is 19.4. The van der Waals surface area contributed by atoms with Gasteiger partial charge >= 0.3 is 6.09 Å². The Kier molecular flexibility index (Phi) is 7.15. The van der Waals surface area contributed by atoms with Crippen molar-refractivity contribution in [3.8, 4) is 6.07 Å². The van der Waals surface area contributed by atoms with Crippen LogP contribution in [0.25, 0.3) is 0 Å². The van der Waals surface area contributed by atoms with Crippen molar-refractivity contribution in [1.82, 2.24) is 14.8 Å². The maximum atomic E-state index is 14.0. The number of aromatic nitrogens is 1. The van der Waals surface area contributed by atoms with Gasteiger partial charge in [0.25, 0.3) is 0 Å². The van der Waals surface area contributed by atoms with E-state index in [0.29, 0.717) is 37.1 Å². The summed E-state index contributed by atoms with van der Waals surface area (Å²) >= 11 is 0. The number of rotatable bonds is 5. The number of halogens is 2. The number of benzene rings is 1. The molecule has 2 fully saturated rings. The van der Waals surface area contributed by atoms with Crippen molar-refractivity contribution < 1.29 is 23.5 Å². The van der Waals surface area contributed by atoms with Crippen LogP contribution in [0.2, 0.25) is 0 Å². The molecule has 2 aromatic rings. The number of likely N-dealkylation sites (tertiary alicyclic amines) is 1. The minimum Gasteiger partial charge on any atom is -0.465 e. The van der Waals surface area contributed by atoms with E-state index in [9.17, 15) is 23.5 Å². The molecule has 0 aliphatic carbocycles. The zero-order chi connectivity index (χ0) is 25.1. The SMILES string of the molecule is CCN(C(=O)O)[C@@H]1CN(C(=O)C2CCN(c3ccc(C#N)cn3)CC2)C[C@H]1c1ccc(F)c(F)c1. The molecule has 0 spiro atoms. The van der Waals surface area contributed by atoms with E-state index in [0.717, 1.165) is 18.0 Å². The average molecular weight is 484 g/mol. The topological polar surface area (TPSA) is 101 Å². The fourth-order valence-corrected chi connectivity index (χ4v) is 5.12. The highest BCUT2D eigenvalue weighted by molar-refractivity contribution is 5.80. The van der Waals surface area contributed by atoms with Gasteiger partial charge in [0, 0.05) is 50.8 Å². The molecule has 10 heteroatoms. The van der Waals surface area contributed by atoms with Gasteiger partial charge in [-0.3, -0.25) is 4.79 Å². The molecule has 3 heterocycles. The molecule has 0 saturated carbocycles. The Labute approximate surface area is 202 Å². The van der Waals surface area contributed by atoms with Crippen LogP contribution in [0, 0.1) is 28.9 Å². The molecule has 2 atom stereocenters. The molecule has 4 rings (SSSR count). The number of carboxylic acid groups (broad SMARTS) is 1. The predicted molar refractivity (Wildman–Crippen MR) is 124 cm³/mol. The third-order valence-corrected chi connectivity index (χ3v) is 7.00. The number of nitrogens with zero attached hydrogens (tertiary/aromatic N) is 5. The van der Waals surface area contributed by atoms with Gasteiger partial charge in [-0.2, -0.15) is 5.26 Å². The van der Waals surface area contributed by atoms with Crippen LogP contribution < -0.4 is 4.90 Å². The van der Waals surface area contributed by atoms with E-state index >= 15 is 0 Å². The molecule has 1 N–H and O–H groups in total. The maximum absolute atomic E-state index is 14.0. The fraction of sp³-hybridized carbons (Fsp3) is 0.440. The summed E-state index contributed by atoms with van der Waals surface area (Å²) in [5.41, 5.74) is 0.964. The Morgan fingerprint density at radius 3 is 2.49 bits per heavy atom. The molecule has 1 aromatic heterocycles. The summed E-state index contributed by atoms with van der Waals surface area (Å²) < 4.78 is 27.5. The standard InChI is InChI=1S/C25H27F2N5O3/c1-2-32(25(34)35)22-15-31(14-19(22)18-4-5-20(26)21(27)11-18)24(33)17-7-9-30(10-8-17)23-6-3-16(12-28)13-29-23/h3-6,11,13,17,19,22H,2,7-10,14-15H2,1H3,(H,34,35)/t19-,22+/m0/s1. The van der Waals surface area contributed by atoms with E-state index in [2.05, 4.69) is 9.88 Å². The summed E-state index contributed by atoms with van der Waals surface area (Å²) in [4.78, 5) is 34.6. The van der Waals surface area contributed by atoms with E-state index in [4.69, 9.17) is 5.26 Å². The van der Waals surface area contributed by atoms with E-state index in [-0.39, 0.29) is 31.5 Å². The minimum atomic E-state index is -1.11. The molecule has 35 heavy (non-hydrogen) atoms. The first-order valence-corrected chi connectivity index (χ1v) is 11.7. The lowest BCUT2D eigenvalue weighted by atomic mass is 9.93. The number of likely N-dealkylation sites (N-methyl/N-ethyl adjacent to an activating group) is 1. The molecule has 184 valence electrons. The summed E-state index contributed by atoms with van der Waals surface area (Å²) in [7, 11) is 0. The third-order valence-electron chi connectivity index (χ3n) is 7.00. The van der Waals surface area contributed by atoms with Crippen LogP contribution >= 0.6 is 0 Å². The maximum Gasteiger partial charge on any atom is 0.407 e. The summed E-state index contributed by atoms with van der Waals surface area (Å²) in [5.74, 6) is -1.91. The summed E-state index contributed by atoms with van der Waals surface area (Å²) in [6, 6.07) is 8.60. The van der Waals surface area contributed by atoms with Gasteiger partial charge in [-0.25, -0.2) is 18.6 Å². The first-order chi connectivity index (χ1) is 16.8. The van der Waals surface area contributed by atoms with E-state index < -0.39 is 29.7 Å². The second-order valence-corrected chi connectivity index (χ2v) is 8.94. The quantitative estimate of drug-likeness (QED) is 0.699. The molecule has 1 aromatic carbocycles. The van der Waals surface area contributed by atoms with E-state index in [1.165, 1.54) is 17.2 Å². The lowest BCUT2D eigenvalue weighted by Gasteiger charge is -2.34. The van der Waals surface area contributed by atoms with Crippen LogP contribution in [0.15, 0.2) is 36.5 Å². The summed E-state index contributed by atoms with van der Waals surface area (Å²) in [5, 5.41) is 18.6. The largest absolute Gasteiger partial charge is 0.465 e. The lowest BCUT2D eigenvalue weighted by molar-refractivity contribution is -0.135. The van der Waals surface area contributed by atoms with Crippen molar-refractivity contribution in [1.29, 1.82) is 5.26 Å². The van der Waals surface area contributed by atoms with Crippen LogP contribution in [-0.2, 0) is 4.79 Å². The summed E-state index contributed by atoms with van der Waals surface area (Å²) in [6.07, 6.45) is 1.65. The highest BCUT2D eigenvalue weighted by atomic mass is 19.2. The third kappa shape index (κ3) is 5.04. The molecule has 0 unspecified atom stereocenters. The number of hydrogen-bond acceptors (Lipinski definition) is 5. The van der Waals surface area contributed by atoms with Gasteiger partial charge in [-0.15, -0.1) is 0 Å². The number of hydrogen-bond donors (Lipinski definition) is 1. The van der Waals surface area contributed by atoms with Gasteiger partial charge < -0.3 is 19.8 Å². The van der Waals surface area contributed by atoms with Crippen molar-refractivity contribution in [3.63, 3.8) is 0 Å². The minimum absolute atomic E-state index is 0.0473. The lowest BCUT2D eigenvalue weighted by Crippen LogP contribution is -2.45. The Hall–Kier alpha value is -3.74. The Morgan fingerprint density at radius 2 is 1.91 bits per heavy atom. The fourth-order valence-electron chi connectivity index (χ4n) is 5.12. The number of carbonyl (C=O) groups is 2. The van der Waals surface area contributed by atoms with E-state index in [1.54, 1.807) is 24.0 Å². The predicted octanol–water partition coefficient (Wildman–Crippen LogP) is 3.44. The Morgan fingerprint density at radius 1 is 1.17 bits per heavy atom. The Balaban J connectivity index is 1.47. The highest BCUT2D eigenvalue weighted by Gasteiger charge is 2.43. The Bertz CT molecular complexity index is 1130. The van der Waals surface area contributed by atoms with Crippen molar-refractivity contribution in [3.05, 3.63) is 59.3 Å². The molecular formula is C25H27F2N5O3. The number of nitriles is 1. The molecule has 0 bridgehead atoms. The van der Waals surface area contributed by atoms with Crippen LogP contribution in [0.5, 0.6) is 0 Å². The molecule has 2 amide bonds. The van der Waals surface area contributed by atoms with Crippen molar-refractivity contribution >= 4 is 17.8 Å². The average Bonchev–Trinajstić information content (AvgIpc) is 3.30.